The Bertz CT molecular complexity index is 115. The van der Waals surface area contributed by atoms with Crippen LogP contribution >= 0.6 is 11.8 Å². The number of rotatable bonds is 7. The summed E-state index contributed by atoms with van der Waals surface area (Å²) in [6, 6.07) is 0. The van der Waals surface area contributed by atoms with Gasteiger partial charge in [-0.15, -0.1) is 0 Å². The maximum atomic E-state index is 5.31. The summed E-state index contributed by atoms with van der Waals surface area (Å²) in [6.07, 6.45) is 2.54. The fourth-order valence-electron chi connectivity index (χ4n) is 1.44. The van der Waals surface area contributed by atoms with E-state index in [1.807, 2.05) is 11.8 Å². The highest BCUT2D eigenvalue weighted by atomic mass is 32.2. The van der Waals surface area contributed by atoms with Gasteiger partial charge in [0.1, 0.15) is 0 Å². The lowest BCUT2D eigenvalue weighted by Crippen LogP contribution is -2.25. The third kappa shape index (κ3) is 5.55. The minimum absolute atomic E-state index is 0.774. The van der Waals surface area contributed by atoms with Crippen LogP contribution in [0.1, 0.15) is 19.8 Å². The molecule has 3 heteroatoms. The topological polar surface area (TPSA) is 21.3 Å². The van der Waals surface area contributed by atoms with Crippen molar-refractivity contribution < 1.29 is 4.74 Å². The standard InChI is InChI=1S/C10H21NOS/c1-2-6-13-7-4-11-8-10-3-5-12-9-10/h10-11H,2-9H2,1H3. The molecule has 13 heavy (non-hydrogen) atoms. The average Bonchev–Trinajstić information content (AvgIpc) is 2.63. The van der Waals surface area contributed by atoms with Crippen molar-refractivity contribution in [3.8, 4) is 0 Å². The number of nitrogens with one attached hydrogen (secondary N) is 1. The molecule has 1 atom stereocenters. The molecule has 1 heterocycles. The van der Waals surface area contributed by atoms with Crippen LogP contribution in [0, 0.1) is 5.92 Å². The largest absolute Gasteiger partial charge is 0.381 e. The summed E-state index contributed by atoms with van der Waals surface area (Å²) in [5.74, 6) is 3.33. The zero-order valence-corrected chi connectivity index (χ0v) is 9.37. The molecule has 1 aliphatic rings. The summed E-state index contributed by atoms with van der Waals surface area (Å²) in [5, 5.41) is 3.49. The van der Waals surface area contributed by atoms with Crippen molar-refractivity contribution in [2.24, 2.45) is 5.92 Å². The minimum Gasteiger partial charge on any atom is -0.381 e. The van der Waals surface area contributed by atoms with Crippen LogP contribution in [-0.2, 0) is 4.74 Å². The van der Waals surface area contributed by atoms with Crippen molar-refractivity contribution in [2.75, 3.05) is 37.8 Å². The van der Waals surface area contributed by atoms with Gasteiger partial charge in [-0.2, -0.15) is 11.8 Å². The van der Waals surface area contributed by atoms with Crippen molar-refractivity contribution in [1.82, 2.24) is 5.32 Å². The third-order valence-electron chi connectivity index (χ3n) is 2.23. The summed E-state index contributed by atoms with van der Waals surface area (Å²) in [5.41, 5.74) is 0. The molecule has 0 aliphatic carbocycles. The van der Waals surface area contributed by atoms with Crippen molar-refractivity contribution in [3.05, 3.63) is 0 Å². The van der Waals surface area contributed by atoms with E-state index in [4.69, 9.17) is 4.74 Å². The van der Waals surface area contributed by atoms with Gasteiger partial charge in [0.25, 0.3) is 0 Å². The normalized spacial score (nSPS) is 22.4. The highest BCUT2D eigenvalue weighted by Gasteiger charge is 2.14. The highest BCUT2D eigenvalue weighted by molar-refractivity contribution is 7.99. The molecule has 0 aromatic heterocycles. The SMILES string of the molecule is CCCSCCNCC1CCOC1. The first-order valence-electron chi connectivity index (χ1n) is 5.29. The monoisotopic (exact) mass is 203 g/mol. The molecule has 0 amide bonds. The highest BCUT2D eigenvalue weighted by Crippen LogP contribution is 2.10. The van der Waals surface area contributed by atoms with Gasteiger partial charge in [0.15, 0.2) is 0 Å². The maximum absolute atomic E-state index is 5.31. The van der Waals surface area contributed by atoms with Crippen LogP contribution in [0.2, 0.25) is 0 Å². The Balaban J connectivity index is 1.78. The molecule has 0 bridgehead atoms. The van der Waals surface area contributed by atoms with Crippen LogP contribution in [0.25, 0.3) is 0 Å². The Kier molecular flexibility index (Phi) is 6.68. The average molecular weight is 203 g/mol. The van der Waals surface area contributed by atoms with E-state index in [-0.39, 0.29) is 0 Å². The van der Waals surface area contributed by atoms with Gasteiger partial charge in [-0.3, -0.25) is 0 Å². The predicted octanol–water partition coefficient (Wildman–Crippen LogP) is 1.76. The van der Waals surface area contributed by atoms with Crippen molar-refractivity contribution >= 4 is 11.8 Å². The van der Waals surface area contributed by atoms with E-state index in [0.717, 1.165) is 32.2 Å². The van der Waals surface area contributed by atoms with E-state index in [2.05, 4.69) is 12.2 Å². The molecule has 1 N–H and O–H groups in total. The number of thioether (sulfide) groups is 1. The molecule has 1 rings (SSSR count). The van der Waals surface area contributed by atoms with E-state index in [1.54, 1.807) is 0 Å². The minimum atomic E-state index is 0.774. The quantitative estimate of drug-likeness (QED) is 0.637. The number of hydrogen-bond acceptors (Lipinski definition) is 3. The van der Waals surface area contributed by atoms with Crippen LogP contribution < -0.4 is 5.32 Å². The lowest BCUT2D eigenvalue weighted by molar-refractivity contribution is 0.185. The number of ether oxygens (including phenoxy) is 1. The van der Waals surface area contributed by atoms with E-state index in [1.165, 1.54) is 24.3 Å². The molecule has 1 fully saturated rings. The van der Waals surface area contributed by atoms with Gasteiger partial charge in [0.05, 0.1) is 6.61 Å². The smallest absolute Gasteiger partial charge is 0.0507 e. The second-order valence-corrected chi connectivity index (χ2v) is 4.77. The Morgan fingerprint density at radius 2 is 2.38 bits per heavy atom. The molecule has 1 unspecified atom stereocenters. The van der Waals surface area contributed by atoms with Gasteiger partial charge in [0.2, 0.25) is 0 Å². The van der Waals surface area contributed by atoms with Crippen LogP contribution in [-0.4, -0.2) is 37.8 Å². The van der Waals surface area contributed by atoms with E-state index in [0.29, 0.717) is 0 Å². The fraction of sp³-hybridized carbons (Fsp3) is 1.00. The fourth-order valence-corrected chi connectivity index (χ4v) is 2.22. The molecule has 0 radical (unpaired) electrons. The first-order chi connectivity index (χ1) is 6.43. The third-order valence-corrected chi connectivity index (χ3v) is 3.42. The van der Waals surface area contributed by atoms with Gasteiger partial charge < -0.3 is 10.1 Å². The van der Waals surface area contributed by atoms with Gasteiger partial charge in [-0.1, -0.05) is 6.92 Å². The van der Waals surface area contributed by atoms with E-state index >= 15 is 0 Å². The zero-order valence-electron chi connectivity index (χ0n) is 8.55. The summed E-state index contributed by atoms with van der Waals surface area (Å²) < 4.78 is 5.31. The molecule has 0 aromatic rings. The maximum Gasteiger partial charge on any atom is 0.0507 e. The van der Waals surface area contributed by atoms with E-state index < -0.39 is 0 Å². The van der Waals surface area contributed by atoms with Crippen LogP contribution in [0.15, 0.2) is 0 Å². The van der Waals surface area contributed by atoms with Crippen LogP contribution in [0.3, 0.4) is 0 Å². The Labute approximate surface area is 85.8 Å². The second kappa shape index (κ2) is 7.65. The van der Waals surface area contributed by atoms with Crippen molar-refractivity contribution in [3.63, 3.8) is 0 Å². The molecule has 1 saturated heterocycles. The van der Waals surface area contributed by atoms with Gasteiger partial charge >= 0.3 is 0 Å². The lowest BCUT2D eigenvalue weighted by atomic mass is 10.1. The predicted molar refractivity (Wildman–Crippen MR) is 59.4 cm³/mol. The molecule has 0 aromatic carbocycles. The van der Waals surface area contributed by atoms with Gasteiger partial charge in [-0.05, 0) is 24.5 Å². The van der Waals surface area contributed by atoms with Gasteiger partial charge in [-0.25, -0.2) is 0 Å². The summed E-state index contributed by atoms with van der Waals surface area (Å²) in [6.45, 7) is 6.47. The Hall–Kier alpha value is 0.270. The van der Waals surface area contributed by atoms with Crippen LogP contribution in [0.5, 0.6) is 0 Å². The first-order valence-corrected chi connectivity index (χ1v) is 6.45. The summed E-state index contributed by atoms with van der Waals surface area (Å²) >= 11 is 2.04. The molecular weight excluding hydrogens is 182 g/mol. The van der Waals surface area contributed by atoms with Crippen molar-refractivity contribution in [1.29, 1.82) is 0 Å². The molecule has 0 saturated carbocycles. The summed E-state index contributed by atoms with van der Waals surface area (Å²) in [4.78, 5) is 0. The van der Waals surface area contributed by atoms with Gasteiger partial charge in [0, 0.05) is 25.4 Å². The Morgan fingerprint density at radius 3 is 3.08 bits per heavy atom. The molecular formula is C10H21NOS. The molecule has 1 aliphatic heterocycles. The molecule has 0 spiro atoms. The zero-order chi connectivity index (χ0) is 9.36. The molecule has 2 nitrogen and oxygen atoms in total. The lowest BCUT2D eigenvalue weighted by Gasteiger charge is -2.08. The summed E-state index contributed by atoms with van der Waals surface area (Å²) in [7, 11) is 0. The first kappa shape index (κ1) is 11.3. The van der Waals surface area contributed by atoms with E-state index in [9.17, 15) is 0 Å². The number of hydrogen-bond donors (Lipinski definition) is 1. The molecule has 78 valence electrons. The van der Waals surface area contributed by atoms with Crippen molar-refractivity contribution in [2.45, 2.75) is 19.8 Å². The van der Waals surface area contributed by atoms with Crippen LogP contribution in [0.4, 0.5) is 0 Å². The Morgan fingerprint density at radius 1 is 1.46 bits per heavy atom. The second-order valence-electron chi connectivity index (χ2n) is 3.55.